The minimum absolute atomic E-state index is 0.173. The van der Waals surface area contributed by atoms with Crippen LogP contribution in [-0.2, 0) is 13.5 Å². The van der Waals surface area contributed by atoms with Crippen molar-refractivity contribution in [3.63, 3.8) is 0 Å². The molecule has 2 aromatic heterocycles. The molecule has 2 aromatic rings. The number of nitrogens with zero attached hydrogens (tertiary/aromatic N) is 4. The molecular formula is C12H16N6O. The SMILES string of the molecule is Cc1cc(C(=O)NCCc2ncn(C)n2)cc(N)n1. The molecule has 0 saturated heterocycles. The van der Waals surface area contributed by atoms with Gasteiger partial charge in [-0.2, -0.15) is 5.10 Å². The summed E-state index contributed by atoms with van der Waals surface area (Å²) >= 11 is 0. The van der Waals surface area contributed by atoms with Crippen LogP contribution in [0.15, 0.2) is 18.5 Å². The summed E-state index contributed by atoms with van der Waals surface area (Å²) in [5.41, 5.74) is 6.84. The van der Waals surface area contributed by atoms with Crippen LogP contribution in [0.3, 0.4) is 0 Å². The molecule has 0 saturated carbocycles. The molecule has 0 fully saturated rings. The predicted octanol–water partition coefficient (Wildman–Crippen LogP) is 0.0732. The van der Waals surface area contributed by atoms with Crippen molar-refractivity contribution < 1.29 is 4.79 Å². The van der Waals surface area contributed by atoms with Gasteiger partial charge in [-0.3, -0.25) is 9.48 Å². The number of aryl methyl sites for hydroxylation is 2. The molecule has 0 aliphatic rings. The third-order valence-corrected chi connectivity index (χ3v) is 2.52. The third kappa shape index (κ3) is 3.51. The lowest BCUT2D eigenvalue weighted by Gasteiger charge is -2.05. The van der Waals surface area contributed by atoms with E-state index in [-0.39, 0.29) is 5.91 Å². The molecule has 0 spiro atoms. The number of rotatable bonds is 4. The first-order valence-corrected chi connectivity index (χ1v) is 5.91. The van der Waals surface area contributed by atoms with E-state index in [1.165, 1.54) is 0 Å². The van der Waals surface area contributed by atoms with E-state index >= 15 is 0 Å². The number of carbonyl (C=O) groups is 1. The van der Waals surface area contributed by atoms with E-state index in [9.17, 15) is 4.79 Å². The number of carbonyl (C=O) groups excluding carboxylic acids is 1. The van der Waals surface area contributed by atoms with Crippen LogP contribution in [-0.4, -0.2) is 32.2 Å². The van der Waals surface area contributed by atoms with Gasteiger partial charge in [0.2, 0.25) is 0 Å². The number of nitrogen functional groups attached to an aromatic ring is 1. The van der Waals surface area contributed by atoms with Crippen molar-refractivity contribution in [3.05, 3.63) is 35.5 Å². The smallest absolute Gasteiger partial charge is 0.251 e. The second-order valence-corrected chi connectivity index (χ2v) is 4.26. The topological polar surface area (TPSA) is 98.7 Å². The van der Waals surface area contributed by atoms with Gasteiger partial charge in [0.15, 0.2) is 5.82 Å². The maximum atomic E-state index is 11.9. The van der Waals surface area contributed by atoms with Crippen molar-refractivity contribution in [2.75, 3.05) is 12.3 Å². The molecular weight excluding hydrogens is 244 g/mol. The number of amides is 1. The highest BCUT2D eigenvalue weighted by Crippen LogP contribution is 2.06. The summed E-state index contributed by atoms with van der Waals surface area (Å²) in [7, 11) is 1.80. The summed E-state index contributed by atoms with van der Waals surface area (Å²) in [6, 6.07) is 3.26. The monoisotopic (exact) mass is 260 g/mol. The first-order chi connectivity index (χ1) is 9.04. The van der Waals surface area contributed by atoms with Crippen molar-refractivity contribution >= 4 is 11.7 Å². The Kier molecular flexibility index (Phi) is 3.74. The first-order valence-electron chi connectivity index (χ1n) is 5.91. The van der Waals surface area contributed by atoms with Crippen molar-refractivity contribution in [2.45, 2.75) is 13.3 Å². The summed E-state index contributed by atoms with van der Waals surface area (Å²) in [6.07, 6.45) is 2.22. The van der Waals surface area contributed by atoms with E-state index in [4.69, 9.17) is 5.73 Å². The lowest BCUT2D eigenvalue weighted by Crippen LogP contribution is -2.26. The van der Waals surface area contributed by atoms with Crippen LogP contribution in [0.25, 0.3) is 0 Å². The van der Waals surface area contributed by atoms with Crippen molar-refractivity contribution in [1.29, 1.82) is 0 Å². The van der Waals surface area contributed by atoms with E-state index in [0.29, 0.717) is 30.2 Å². The molecule has 1 amide bonds. The molecule has 0 aromatic carbocycles. The van der Waals surface area contributed by atoms with Crippen molar-refractivity contribution in [2.24, 2.45) is 7.05 Å². The van der Waals surface area contributed by atoms with Crippen LogP contribution in [0.4, 0.5) is 5.82 Å². The number of hydrogen-bond acceptors (Lipinski definition) is 5. The normalized spacial score (nSPS) is 10.4. The van der Waals surface area contributed by atoms with E-state index in [2.05, 4.69) is 20.4 Å². The molecule has 0 unspecified atom stereocenters. The van der Waals surface area contributed by atoms with Gasteiger partial charge in [0.05, 0.1) is 0 Å². The number of anilines is 1. The van der Waals surface area contributed by atoms with Crippen molar-refractivity contribution in [3.8, 4) is 0 Å². The van der Waals surface area contributed by atoms with E-state index in [0.717, 1.165) is 5.69 Å². The van der Waals surface area contributed by atoms with Gasteiger partial charge in [0.25, 0.3) is 5.91 Å². The van der Waals surface area contributed by atoms with Crippen LogP contribution < -0.4 is 11.1 Å². The Morgan fingerprint density at radius 1 is 1.47 bits per heavy atom. The summed E-state index contributed by atoms with van der Waals surface area (Å²) < 4.78 is 1.63. The summed E-state index contributed by atoms with van der Waals surface area (Å²) in [6.45, 7) is 2.27. The quantitative estimate of drug-likeness (QED) is 0.810. The van der Waals surface area contributed by atoms with Gasteiger partial charge in [0.1, 0.15) is 12.1 Å². The Morgan fingerprint density at radius 2 is 2.26 bits per heavy atom. The molecule has 100 valence electrons. The number of aromatic nitrogens is 4. The Balaban J connectivity index is 1.90. The fraction of sp³-hybridized carbons (Fsp3) is 0.333. The number of nitrogens with one attached hydrogen (secondary N) is 1. The Bertz CT molecular complexity index is 571. The molecule has 3 N–H and O–H groups in total. The number of pyridine rings is 1. The van der Waals surface area contributed by atoms with Gasteiger partial charge in [-0.15, -0.1) is 0 Å². The lowest BCUT2D eigenvalue weighted by molar-refractivity contribution is 0.0954. The highest BCUT2D eigenvalue weighted by atomic mass is 16.1. The van der Waals surface area contributed by atoms with E-state index in [1.54, 1.807) is 37.1 Å². The van der Waals surface area contributed by atoms with Crippen LogP contribution in [0.1, 0.15) is 21.9 Å². The first kappa shape index (κ1) is 13.0. The van der Waals surface area contributed by atoms with Gasteiger partial charge in [-0.1, -0.05) is 0 Å². The van der Waals surface area contributed by atoms with Gasteiger partial charge >= 0.3 is 0 Å². The molecule has 19 heavy (non-hydrogen) atoms. The molecule has 7 heteroatoms. The summed E-state index contributed by atoms with van der Waals surface area (Å²) in [4.78, 5) is 20.0. The van der Waals surface area contributed by atoms with Crippen LogP contribution in [0.2, 0.25) is 0 Å². The third-order valence-electron chi connectivity index (χ3n) is 2.52. The highest BCUT2D eigenvalue weighted by molar-refractivity contribution is 5.94. The van der Waals surface area contributed by atoms with Crippen molar-refractivity contribution in [1.82, 2.24) is 25.1 Å². The van der Waals surface area contributed by atoms with Crippen LogP contribution in [0, 0.1) is 6.92 Å². The zero-order valence-electron chi connectivity index (χ0n) is 10.9. The minimum Gasteiger partial charge on any atom is -0.384 e. The molecule has 0 aliphatic carbocycles. The zero-order chi connectivity index (χ0) is 13.8. The lowest BCUT2D eigenvalue weighted by atomic mass is 10.2. The molecule has 0 atom stereocenters. The standard InChI is InChI=1S/C12H16N6O/c1-8-5-9(6-10(13)16-8)12(19)14-4-3-11-15-7-18(2)17-11/h5-7H,3-4H2,1-2H3,(H2,13,16)(H,14,19). The Hall–Kier alpha value is -2.44. The van der Waals surface area contributed by atoms with Crippen LogP contribution in [0.5, 0.6) is 0 Å². The van der Waals surface area contributed by atoms with Gasteiger partial charge in [0, 0.05) is 31.3 Å². The van der Waals surface area contributed by atoms with Gasteiger partial charge < -0.3 is 11.1 Å². The molecule has 2 rings (SSSR count). The minimum atomic E-state index is -0.173. The Labute approximate surface area is 110 Å². The highest BCUT2D eigenvalue weighted by Gasteiger charge is 2.07. The Morgan fingerprint density at radius 3 is 2.89 bits per heavy atom. The molecule has 0 radical (unpaired) electrons. The molecule has 2 heterocycles. The molecule has 0 bridgehead atoms. The average molecular weight is 260 g/mol. The maximum absolute atomic E-state index is 11.9. The molecule has 0 aliphatic heterocycles. The number of hydrogen-bond donors (Lipinski definition) is 2. The average Bonchev–Trinajstić information content (AvgIpc) is 2.73. The summed E-state index contributed by atoms with van der Waals surface area (Å²) in [5.74, 6) is 0.873. The summed E-state index contributed by atoms with van der Waals surface area (Å²) in [5, 5.41) is 6.93. The second-order valence-electron chi connectivity index (χ2n) is 4.26. The van der Waals surface area contributed by atoms with Gasteiger partial charge in [-0.25, -0.2) is 9.97 Å². The van der Waals surface area contributed by atoms with E-state index in [1.807, 2.05) is 0 Å². The van der Waals surface area contributed by atoms with Crippen LogP contribution >= 0.6 is 0 Å². The predicted molar refractivity (Wildman–Crippen MR) is 70.4 cm³/mol. The largest absolute Gasteiger partial charge is 0.384 e. The number of nitrogens with two attached hydrogens (primary N) is 1. The maximum Gasteiger partial charge on any atom is 0.251 e. The van der Waals surface area contributed by atoms with E-state index < -0.39 is 0 Å². The fourth-order valence-electron chi connectivity index (χ4n) is 1.71. The molecule has 7 nitrogen and oxygen atoms in total. The van der Waals surface area contributed by atoms with Gasteiger partial charge in [-0.05, 0) is 19.1 Å². The zero-order valence-corrected chi connectivity index (χ0v) is 10.9. The fourth-order valence-corrected chi connectivity index (χ4v) is 1.71. The second kappa shape index (κ2) is 5.47.